The topological polar surface area (TPSA) is 37.4 Å². The van der Waals surface area contributed by atoms with E-state index in [1.54, 1.807) is 16.4 Å². The monoisotopic (exact) mass is 283 g/mol. The number of nitrogens with zero attached hydrogens (tertiary/aromatic N) is 1. The Morgan fingerprint density at radius 2 is 1.21 bits per heavy atom. The summed E-state index contributed by atoms with van der Waals surface area (Å²) in [4.78, 5) is 0.350. The zero-order chi connectivity index (χ0) is 15.1. The Kier molecular flexibility index (Phi) is 4.18. The second kappa shape index (κ2) is 4.91. The van der Waals surface area contributed by atoms with E-state index in [9.17, 15) is 8.42 Å². The van der Waals surface area contributed by atoms with E-state index in [-0.39, 0.29) is 0 Å². The maximum atomic E-state index is 12.9. The minimum absolute atomic E-state index is 0.350. The maximum absolute atomic E-state index is 12.9. The van der Waals surface area contributed by atoms with Crippen LogP contribution in [-0.2, 0) is 10.0 Å². The summed E-state index contributed by atoms with van der Waals surface area (Å²) < 4.78 is 27.3. The third-order valence-corrected chi connectivity index (χ3v) is 5.22. The van der Waals surface area contributed by atoms with Crippen molar-refractivity contribution in [2.24, 2.45) is 0 Å². The molecule has 1 aromatic carbocycles. The van der Waals surface area contributed by atoms with Crippen molar-refractivity contribution in [3.05, 3.63) is 29.8 Å². The van der Waals surface area contributed by atoms with Gasteiger partial charge in [-0.1, -0.05) is 17.7 Å². The van der Waals surface area contributed by atoms with Gasteiger partial charge < -0.3 is 0 Å². The predicted molar refractivity (Wildman–Crippen MR) is 79.7 cm³/mol. The van der Waals surface area contributed by atoms with Gasteiger partial charge in [0.15, 0.2) is 0 Å². The number of benzene rings is 1. The molecule has 0 bridgehead atoms. The minimum Gasteiger partial charge on any atom is -0.207 e. The maximum Gasteiger partial charge on any atom is 0.244 e. The minimum atomic E-state index is -3.50. The van der Waals surface area contributed by atoms with Crippen LogP contribution in [-0.4, -0.2) is 23.8 Å². The molecule has 1 aromatic rings. The molecule has 4 heteroatoms. The third-order valence-electron chi connectivity index (χ3n) is 2.78. The summed E-state index contributed by atoms with van der Waals surface area (Å²) in [7, 11) is -3.50. The molecule has 0 unspecified atom stereocenters. The Morgan fingerprint density at radius 3 is 1.53 bits per heavy atom. The zero-order valence-electron chi connectivity index (χ0n) is 13.0. The quantitative estimate of drug-likeness (QED) is 0.832. The second-order valence-electron chi connectivity index (χ2n) is 6.92. The summed E-state index contributed by atoms with van der Waals surface area (Å²) in [5.41, 5.74) is 0.112. The molecule has 0 spiro atoms. The van der Waals surface area contributed by atoms with Crippen LogP contribution in [0.4, 0.5) is 0 Å². The van der Waals surface area contributed by atoms with Gasteiger partial charge in [0.1, 0.15) is 0 Å². The van der Waals surface area contributed by atoms with Crippen molar-refractivity contribution in [3.8, 4) is 0 Å². The highest BCUT2D eigenvalue weighted by Gasteiger charge is 2.41. The molecule has 0 aliphatic carbocycles. The molecule has 0 saturated carbocycles. The van der Waals surface area contributed by atoms with Crippen LogP contribution in [0.15, 0.2) is 29.2 Å². The van der Waals surface area contributed by atoms with E-state index in [0.29, 0.717) is 4.90 Å². The molecular formula is C15H25NO2S. The molecule has 3 nitrogen and oxygen atoms in total. The molecule has 0 aliphatic heterocycles. The van der Waals surface area contributed by atoms with Gasteiger partial charge in [-0.25, -0.2) is 8.42 Å². The number of rotatable bonds is 2. The highest BCUT2D eigenvalue weighted by Crippen LogP contribution is 2.32. The Labute approximate surface area is 117 Å². The molecule has 1 rings (SSSR count). The number of hydrogen-bond acceptors (Lipinski definition) is 2. The Bertz CT molecular complexity index is 517. The van der Waals surface area contributed by atoms with E-state index in [0.717, 1.165) is 5.56 Å². The first-order valence-corrected chi connectivity index (χ1v) is 7.93. The highest BCUT2D eigenvalue weighted by molar-refractivity contribution is 7.89. The summed E-state index contributed by atoms with van der Waals surface area (Å²) >= 11 is 0. The van der Waals surface area contributed by atoms with Gasteiger partial charge in [0.25, 0.3) is 0 Å². The Morgan fingerprint density at radius 1 is 0.842 bits per heavy atom. The van der Waals surface area contributed by atoms with Crippen LogP contribution >= 0.6 is 0 Å². The van der Waals surface area contributed by atoms with Crippen LogP contribution in [0, 0.1) is 6.92 Å². The summed E-state index contributed by atoms with van der Waals surface area (Å²) in [6, 6.07) is 7.01. The van der Waals surface area contributed by atoms with Gasteiger partial charge in [0.05, 0.1) is 4.90 Å². The van der Waals surface area contributed by atoms with Crippen LogP contribution in [0.5, 0.6) is 0 Å². The van der Waals surface area contributed by atoms with Gasteiger partial charge in [-0.2, -0.15) is 4.31 Å². The molecule has 0 heterocycles. The summed E-state index contributed by atoms with van der Waals surface area (Å²) in [5, 5.41) is 0. The largest absolute Gasteiger partial charge is 0.244 e. The van der Waals surface area contributed by atoms with E-state index in [2.05, 4.69) is 0 Å². The number of hydrogen-bond donors (Lipinski definition) is 0. The average Bonchev–Trinajstić information content (AvgIpc) is 2.12. The molecule has 19 heavy (non-hydrogen) atoms. The fourth-order valence-electron chi connectivity index (χ4n) is 2.54. The lowest BCUT2D eigenvalue weighted by Gasteiger charge is -2.43. The zero-order valence-corrected chi connectivity index (χ0v) is 13.8. The summed E-state index contributed by atoms with van der Waals surface area (Å²) in [5.74, 6) is 0. The van der Waals surface area contributed by atoms with E-state index < -0.39 is 21.1 Å². The lowest BCUT2D eigenvalue weighted by molar-refractivity contribution is 0.140. The molecule has 0 atom stereocenters. The van der Waals surface area contributed by atoms with Crippen molar-refractivity contribution in [2.45, 2.75) is 64.4 Å². The molecule has 0 aliphatic rings. The van der Waals surface area contributed by atoms with Crippen molar-refractivity contribution in [2.75, 3.05) is 0 Å². The second-order valence-corrected chi connectivity index (χ2v) is 8.71. The van der Waals surface area contributed by atoms with Gasteiger partial charge >= 0.3 is 0 Å². The number of aryl methyl sites for hydroxylation is 1. The number of sulfonamides is 1. The van der Waals surface area contributed by atoms with E-state index in [1.807, 2.05) is 60.6 Å². The molecular weight excluding hydrogens is 258 g/mol. The third kappa shape index (κ3) is 3.57. The Hall–Kier alpha value is -0.870. The van der Waals surface area contributed by atoms with Crippen molar-refractivity contribution in [1.29, 1.82) is 0 Å². The van der Waals surface area contributed by atoms with Crippen LogP contribution in [0.2, 0.25) is 0 Å². The molecule has 0 amide bonds. The van der Waals surface area contributed by atoms with Gasteiger partial charge in [-0.05, 0) is 60.6 Å². The fraction of sp³-hybridized carbons (Fsp3) is 0.600. The molecule has 0 aromatic heterocycles. The van der Waals surface area contributed by atoms with Crippen molar-refractivity contribution in [3.63, 3.8) is 0 Å². The van der Waals surface area contributed by atoms with Gasteiger partial charge in [-0.15, -0.1) is 0 Å². The Balaban J connectivity index is 3.41. The van der Waals surface area contributed by atoms with E-state index in [1.165, 1.54) is 0 Å². The molecule has 0 radical (unpaired) electrons. The first-order valence-electron chi connectivity index (χ1n) is 6.49. The molecule has 0 N–H and O–H groups in total. The van der Waals surface area contributed by atoms with E-state index in [4.69, 9.17) is 0 Å². The summed E-state index contributed by atoms with van der Waals surface area (Å²) in [6.07, 6.45) is 0. The lowest BCUT2D eigenvalue weighted by Crippen LogP contribution is -2.55. The van der Waals surface area contributed by atoms with Crippen LogP contribution in [0.3, 0.4) is 0 Å². The smallest absolute Gasteiger partial charge is 0.207 e. The van der Waals surface area contributed by atoms with Gasteiger partial charge in [0.2, 0.25) is 10.0 Å². The molecule has 0 saturated heterocycles. The normalized spacial score (nSPS) is 13.9. The average molecular weight is 283 g/mol. The molecule has 108 valence electrons. The van der Waals surface area contributed by atoms with Crippen LogP contribution in [0.1, 0.15) is 47.1 Å². The predicted octanol–water partition coefficient (Wildman–Crippen LogP) is 3.58. The van der Waals surface area contributed by atoms with Crippen molar-refractivity contribution >= 4 is 10.0 Å². The summed E-state index contributed by atoms with van der Waals surface area (Å²) in [6.45, 7) is 13.5. The van der Waals surface area contributed by atoms with Gasteiger partial charge in [-0.3, -0.25) is 0 Å². The van der Waals surface area contributed by atoms with Crippen molar-refractivity contribution < 1.29 is 8.42 Å². The van der Waals surface area contributed by atoms with Crippen LogP contribution < -0.4 is 0 Å². The van der Waals surface area contributed by atoms with Gasteiger partial charge in [0, 0.05) is 11.1 Å². The lowest BCUT2D eigenvalue weighted by atomic mass is 10.0. The SMILES string of the molecule is Cc1ccc(S(=O)(=O)N(C(C)(C)C)C(C)(C)C)cc1. The first-order chi connectivity index (χ1) is 8.37. The molecule has 0 fully saturated rings. The highest BCUT2D eigenvalue weighted by atomic mass is 32.2. The van der Waals surface area contributed by atoms with Crippen LogP contribution in [0.25, 0.3) is 0 Å². The van der Waals surface area contributed by atoms with E-state index >= 15 is 0 Å². The first kappa shape index (κ1) is 16.2. The standard InChI is InChI=1S/C15H25NO2S/c1-12-8-10-13(11-9-12)19(17,18)16(14(2,3)4)15(5,6)7/h8-11H,1-7H3. The fourth-order valence-corrected chi connectivity index (χ4v) is 4.68. The van der Waals surface area contributed by atoms with Crippen molar-refractivity contribution in [1.82, 2.24) is 4.31 Å².